The summed E-state index contributed by atoms with van der Waals surface area (Å²) in [4.78, 5) is 0. The van der Waals surface area contributed by atoms with Crippen LogP contribution in [-0.4, -0.2) is 0 Å². The van der Waals surface area contributed by atoms with Gasteiger partial charge in [-0.1, -0.05) is 64.8 Å². The van der Waals surface area contributed by atoms with E-state index in [1.807, 2.05) is 0 Å². The summed E-state index contributed by atoms with van der Waals surface area (Å²) in [6, 6.07) is 8.44. The second-order valence-electron chi connectivity index (χ2n) is 4.10. The molecule has 86 valence electrons. The highest BCUT2D eigenvalue weighted by atomic mass is 14.5. The van der Waals surface area contributed by atoms with Gasteiger partial charge in [-0.05, 0) is 17.0 Å². The summed E-state index contributed by atoms with van der Waals surface area (Å²) < 4.78 is 0. The summed E-state index contributed by atoms with van der Waals surface area (Å²) in [6.07, 6.45) is 2.64. The lowest BCUT2D eigenvalue weighted by molar-refractivity contribution is 0.861. The summed E-state index contributed by atoms with van der Waals surface area (Å²) >= 11 is 0. The fourth-order valence-corrected chi connectivity index (χ4v) is 1.08. The van der Waals surface area contributed by atoms with E-state index in [-0.39, 0.29) is 0 Å². The SMILES string of the molecule is CC(C)c1cccc(CN)c1.CCCC. The molecule has 15 heavy (non-hydrogen) atoms. The Morgan fingerprint density at radius 3 is 2.13 bits per heavy atom. The van der Waals surface area contributed by atoms with Gasteiger partial charge in [0.25, 0.3) is 0 Å². The number of benzene rings is 1. The minimum absolute atomic E-state index is 0.599. The average molecular weight is 207 g/mol. The molecule has 1 aromatic carbocycles. The van der Waals surface area contributed by atoms with E-state index in [4.69, 9.17) is 5.73 Å². The number of unbranched alkanes of at least 4 members (excludes halogenated alkanes) is 1. The predicted molar refractivity (Wildman–Crippen MR) is 69.0 cm³/mol. The van der Waals surface area contributed by atoms with E-state index in [2.05, 4.69) is 52.0 Å². The molecule has 0 saturated heterocycles. The van der Waals surface area contributed by atoms with E-state index in [9.17, 15) is 0 Å². The summed E-state index contributed by atoms with van der Waals surface area (Å²) in [5.41, 5.74) is 8.11. The first kappa shape index (κ1) is 14.2. The molecule has 0 fully saturated rings. The van der Waals surface area contributed by atoms with Crippen LogP contribution >= 0.6 is 0 Å². The largest absolute Gasteiger partial charge is 0.326 e. The summed E-state index contributed by atoms with van der Waals surface area (Å²) in [5.74, 6) is 0.599. The molecule has 0 heterocycles. The fourth-order valence-electron chi connectivity index (χ4n) is 1.08. The third-order valence-corrected chi connectivity index (χ3v) is 2.35. The smallest absolute Gasteiger partial charge is 0.0178 e. The Morgan fingerprint density at radius 2 is 1.73 bits per heavy atom. The average Bonchev–Trinajstić information content (AvgIpc) is 2.29. The Kier molecular flexibility index (Phi) is 8.02. The zero-order valence-corrected chi connectivity index (χ0v) is 10.6. The van der Waals surface area contributed by atoms with Crippen LogP contribution < -0.4 is 5.73 Å². The van der Waals surface area contributed by atoms with Gasteiger partial charge in [0.05, 0.1) is 0 Å². The Labute approximate surface area is 94.7 Å². The molecule has 1 nitrogen and oxygen atoms in total. The van der Waals surface area contributed by atoms with Gasteiger partial charge < -0.3 is 5.73 Å². The lowest BCUT2D eigenvalue weighted by Gasteiger charge is -2.05. The molecule has 1 heteroatoms. The van der Waals surface area contributed by atoms with Crippen LogP contribution in [0.1, 0.15) is 57.6 Å². The molecule has 0 aliphatic carbocycles. The van der Waals surface area contributed by atoms with Gasteiger partial charge in [0.1, 0.15) is 0 Å². The molecule has 2 N–H and O–H groups in total. The van der Waals surface area contributed by atoms with Crippen LogP contribution in [0.4, 0.5) is 0 Å². The minimum atomic E-state index is 0.599. The minimum Gasteiger partial charge on any atom is -0.326 e. The van der Waals surface area contributed by atoms with E-state index in [0.717, 1.165) is 0 Å². The molecular formula is C14H25N. The van der Waals surface area contributed by atoms with Crippen molar-refractivity contribution >= 4 is 0 Å². The first-order valence-electron chi connectivity index (χ1n) is 5.94. The number of rotatable bonds is 3. The van der Waals surface area contributed by atoms with E-state index >= 15 is 0 Å². The van der Waals surface area contributed by atoms with Gasteiger partial charge in [0.2, 0.25) is 0 Å². The van der Waals surface area contributed by atoms with Crippen molar-refractivity contribution in [3.63, 3.8) is 0 Å². The van der Waals surface area contributed by atoms with Crippen molar-refractivity contribution in [3.05, 3.63) is 35.4 Å². The zero-order chi connectivity index (χ0) is 11.7. The quantitative estimate of drug-likeness (QED) is 0.794. The fraction of sp³-hybridized carbons (Fsp3) is 0.571. The zero-order valence-electron chi connectivity index (χ0n) is 10.6. The topological polar surface area (TPSA) is 26.0 Å². The van der Waals surface area contributed by atoms with Crippen LogP contribution in [0.2, 0.25) is 0 Å². The summed E-state index contributed by atoms with van der Waals surface area (Å²) in [6.45, 7) is 9.38. The van der Waals surface area contributed by atoms with Crippen LogP contribution in [0, 0.1) is 0 Å². The molecule has 0 atom stereocenters. The molecule has 0 radical (unpaired) electrons. The van der Waals surface area contributed by atoms with E-state index in [1.165, 1.54) is 24.0 Å². The monoisotopic (exact) mass is 207 g/mol. The molecule has 0 aliphatic heterocycles. The molecule has 0 spiro atoms. The van der Waals surface area contributed by atoms with Crippen LogP contribution in [-0.2, 0) is 6.54 Å². The Bertz CT molecular complexity index is 251. The highest BCUT2D eigenvalue weighted by molar-refractivity contribution is 5.25. The van der Waals surface area contributed by atoms with Gasteiger partial charge in [0, 0.05) is 6.54 Å². The first-order chi connectivity index (χ1) is 7.15. The predicted octanol–water partition coefficient (Wildman–Crippen LogP) is 4.08. The molecule has 0 aromatic heterocycles. The molecule has 1 aromatic rings. The third kappa shape index (κ3) is 6.29. The van der Waals surface area contributed by atoms with E-state index < -0.39 is 0 Å². The molecule has 0 bridgehead atoms. The Hall–Kier alpha value is -0.820. The van der Waals surface area contributed by atoms with Crippen LogP contribution in [0.25, 0.3) is 0 Å². The standard InChI is InChI=1S/C10H15N.C4H10/c1-8(2)10-5-3-4-9(6-10)7-11;1-3-4-2/h3-6,8H,7,11H2,1-2H3;3-4H2,1-2H3. The van der Waals surface area contributed by atoms with Crippen LogP contribution in [0.5, 0.6) is 0 Å². The second kappa shape index (κ2) is 8.49. The third-order valence-electron chi connectivity index (χ3n) is 2.35. The molecule has 1 rings (SSSR count). The maximum absolute atomic E-state index is 5.52. The van der Waals surface area contributed by atoms with Crippen molar-refractivity contribution in [2.24, 2.45) is 5.73 Å². The maximum Gasteiger partial charge on any atom is 0.0178 e. The normalized spacial score (nSPS) is 9.73. The molecule has 0 amide bonds. The van der Waals surface area contributed by atoms with Crippen molar-refractivity contribution in [2.45, 2.75) is 53.0 Å². The summed E-state index contributed by atoms with van der Waals surface area (Å²) in [5, 5.41) is 0. The number of hydrogen-bond donors (Lipinski definition) is 1. The van der Waals surface area contributed by atoms with Crippen molar-refractivity contribution < 1.29 is 0 Å². The highest BCUT2D eigenvalue weighted by Crippen LogP contribution is 2.14. The van der Waals surface area contributed by atoms with Gasteiger partial charge in [-0.3, -0.25) is 0 Å². The van der Waals surface area contributed by atoms with Gasteiger partial charge in [-0.15, -0.1) is 0 Å². The lowest BCUT2D eigenvalue weighted by Crippen LogP contribution is -1.97. The number of hydrogen-bond acceptors (Lipinski definition) is 1. The molecule has 0 aliphatic rings. The first-order valence-corrected chi connectivity index (χ1v) is 5.94. The highest BCUT2D eigenvalue weighted by Gasteiger charge is 1.97. The van der Waals surface area contributed by atoms with Crippen molar-refractivity contribution in [2.75, 3.05) is 0 Å². The van der Waals surface area contributed by atoms with Crippen molar-refractivity contribution in [1.29, 1.82) is 0 Å². The van der Waals surface area contributed by atoms with Crippen molar-refractivity contribution in [3.8, 4) is 0 Å². The van der Waals surface area contributed by atoms with Crippen molar-refractivity contribution in [1.82, 2.24) is 0 Å². The lowest BCUT2D eigenvalue weighted by atomic mass is 10.0. The molecule has 0 saturated carbocycles. The van der Waals surface area contributed by atoms with Gasteiger partial charge in [-0.2, -0.15) is 0 Å². The van der Waals surface area contributed by atoms with Gasteiger partial charge >= 0.3 is 0 Å². The Balaban J connectivity index is 0.000000423. The van der Waals surface area contributed by atoms with Crippen LogP contribution in [0.15, 0.2) is 24.3 Å². The second-order valence-corrected chi connectivity index (χ2v) is 4.10. The Morgan fingerprint density at radius 1 is 1.13 bits per heavy atom. The van der Waals surface area contributed by atoms with E-state index in [0.29, 0.717) is 12.5 Å². The van der Waals surface area contributed by atoms with Gasteiger partial charge in [-0.25, -0.2) is 0 Å². The molecule has 0 unspecified atom stereocenters. The number of nitrogens with two attached hydrogens (primary N) is 1. The van der Waals surface area contributed by atoms with Crippen LogP contribution in [0.3, 0.4) is 0 Å². The maximum atomic E-state index is 5.52. The molecular weight excluding hydrogens is 182 g/mol. The van der Waals surface area contributed by atoms with Gasteiger partial charge in [0.15, 0.2) is 0 Å². The summed E-state index contributed by atoms with van der Waals surface area (Å²) in [7, 11) is 0. The van der Waals surface area contributed by atoms with E-state index in [1.54, 1.807) is 0 Å².